The number of carbonyl (C=O) groups is 1. The van der Waals surface area contributed by atoms with E-state index in [1.54, 1.807) is 16.8 Å². The average Bonchev–Trinajstić information content (AvgIpc) is 3.17. The zero-order valence-electron chi connectivity index (χ0n) is 13.6. The van der Waals surface area contributed by atoms with Crippen molar-refractivity contribution in [2.75, 3.05) is 5.32 Å². The van der Waals surface area contributed by atoms with E-state index in [0.717, 1.165) is 36.1 Å². The summed E-state index contributed by atoms with van der Waals surface area (Å²) >= 11 is 0. The number of carbonyl (C=O) groups excluding carboxylic acids is 1. The zero-order valence-corrected chi connectivity index (χ0v) is 13.6. The van der Waals surface area contributed by atoms with Gasteiger partial charge in [-0.25, -0.2) is 4.39 Å². The molecule has 2 aliphatic rings. The van der Waals surface area contributed by atoms with Crippen LogP contribution < -0.4 is 5.32 Å². The van der Waals surface area contributed by atoms with Crippen LogP contribution in [-0.4, -0.2) is 26.4 Å². The van der Waals surface area contributed by atoms with Crippen molar-refractivity contribution in [2.45, 2.75) is 43.6 Å². The number of nitrogens with zero attached hydrogens (tertiary/aromatic N) is 2. The molecule has 2 fully saturated rings. The maximum atomic E-state index is 13.2. The molecule has 6 heteroatoms. The number of benzene rings is 1. The van der Waals surface area contributed by atoms with E-state index in [9.17, 15) is 14.3 Å². The molecular formula is C18H20FN3O2. The minimum absolute atomic E-state index is 0.282. The summed E-state index contributed by atoms with van der Waals surface area (Å²) in [6, 6.07) is 6.32. The SMILES string of the molecule is Cn1nc(NC(=O)C2(O)CC2)c(C2CCC2)c1-c1ccc(F)cc1. The summed E-state index contributed by atoms with van der Waals surface area (Å²) in [6.07, 6.45) is 4.24. The maximum Gasteiger partial charge on any atom is 0.257 e. The number of rotatable bonds is 4. The van der Waals surface area contributed by atoms with Crippen LogP contribution in [0.15, 0.2) is 24.3 Å². The molecule has 0 atom stereocenters. The van der Waals surface area contributed by atoms with Crippen molar-refractivity contribution in [3.05, 3.63) is 35.6 Å². The fraction of sp³-hybridized carbons (Fsp3) is 0.444. The van der Waals surface area contributed by atoms with E-state index in [0.29, 0.717) is 24.6 Å². The van der Waals surface area contributed by atoms with Crippen LogP contribution in [0.1, 0.15) is 43.6 Å². The molecule has 2 saturated carbocycles. The number of nitrogens with one attached hydrogen (secondary N) is 1. The normalized spacial score (nSPS) is 19.0. The fourth-order valence-electron chi connectivity index (χ4n) is 3.24. The summed E-state index contributed by atoms with van der Waals surface area (Å²) in [7, 11) is 1.82. The summed E-state index contributed by atoms with van der Waals surface area (Å²) in [5.74, 6) is 0.192. The quantitative estimate of drug-likeness (QED) is 0.906. The molecule has 2 aromatic rings. The van der Waals surface area contributed by atoms with Crippen LogP contribution >= 0.6 is 0 Å². The van der Waals surface area contributed by atoms with E-state index in [-0.39, 0.29) is 11.7 Å². The Morgan fingerprint density at radius 1 is 1.33 bits per heavy atom. The Kier molecular flexibility index (Phi) is 3.46. The Bertz CT molecular complexity index is 789. The van der Waals surface area contributed by atoms with Crippen molar-refractivity contribution in [1.82, 2.24) is 9.78 Å². The molecule has 0 bridgehead atoms. The van der Waals surface area contributed by atoms with Gasteiger partial charge in [-0.05, 0) is 55.9 Å². The van der Waals surface area contributed by atoms with Gasteiger partial charge in [0.15, 0.2) is 5.82 Å². The molecule has 1 amide bonds. The Balaban J connectivity index is 1.75. The molecule has 0 saturated heterocycles. The first-order valence-electron chi connectivity index (χ1n) is 8.34. The van der Waals surface area contributed by atoms with Gasteiger partial charge in [-0.1, -0.05) is 6.42 Å². The molecule has 4 rings (SSSR count). The topological polar surface area (TPSA) is 67.2 Å². The minimum Gasteiger partial charge on any atom is -0.380 e. The Morgan fingerprint density at radius 3 is 2.54 bits per heavy atom. The number of aliphatic hydroxyl groups is 1. The number of aryl methyl sites for hydroxylation is 1. The Morgan fingerprint density at radius 2 is 2.00 bits per heavy atom. The molecule has 0 aliphatic heterocycles. The monoisotopic (exact) mass is 329 g/mol. The predicted molar refractivity (Wildman–Crippen MR) is 88.0 cm³/mol. The van der Waals surface area contributed by atoms with Crippen molar-refractivity contribution < 1.29 is 14.3 Å². The van der Waals surface area contributed by atoms with E-state index in [4.69, 9.17) is 0 Å². The van der Waals surface area contributed by atoms with Crippen molar-refractivity contribution in [3.63, 3.8) is 0 Å². The van der Waals surface area contributed by atoms with Crippen molar-refractivity contribution in [3.8, 4) is 11.3 Å². The summed E-state index contributed by atoms with van der Waals surface area (Å²) < 4.78 is 15.0. The first-order valence-corrected chi connectivity index (χ1v) is 8.34. The molecule has 2 aliphatic carbocycles. The second-order valence-corrected chi connectivity index (χ2v) is 6.85. The molecular weight excluding hydrogens is 309 g/mol. The van der Waals surface area contributed by atoms with Crippen LogP contribution in [0.25, 0.3) is 11.3 Å². The standard InChI is InChI=1S/C18H20FN3O2/c1-22-15(12-5-7-13(19)8-6-12)14(11-3-2-4-11)16(21-22)20-17(23)18(24)9-10-18/h5-8,11,24H,2-4,9-10H2,1H3,(H,20,21,23). The van der Waals surface area contributed by atoms with E-state index < -0.39 is 5.60 Å². The summed E-state index contributed by atoms with van der Waals surface area (Å²) in [5.41, 5.74) is 1.54. The van der Waals surface area contributed by atoms with Crippen molar-refractivity contribution >= 4 is 11.7 Å². The molecule has 1 heterocycles. The number of aromatic nitrogens is 2. The second kappa shape index (κ2) is 5.41. The predicted octanol–water partition coefficient (Wildman–Crippen LogP) is 2.96. The summed E-state index contributed by atoms with van der Waals surface area (Å²) in [5, 5.41) is 17.3. The maximum absolute atomic E-state index is 13.2. The third-order valence-electron chi connectivity index (χ3n) is 5.09. The highest BCUT2D eigenvalue weighted by Crippen LogP contribution is 2.45. The van der Waals surface area contributed by atoms with Gasteiger partial charge in [0.1, 0.15) is 11.4 Å². The molecule has 1 aromatic heterocycles. The van der Waals surface area contributed by atoms with Crippen LogP contribution in [0.4, 0.5) is 10.2 Å². The highest BCUT2D eigenvalue weighted by atomic mass is 19.1. The lowest BCUT2D eigenvalue weighted by molar-refractivity contribution is -0.126. The molecule has 24 heavy (non-hydrogen) atoms. The highest BCUT2D eigenvalue weighted by molar-refractivity contribution is 5.99. The summed E-state index contributed by atoms with van der Waals surface area (Å²) in [4.78, 5) is 12.2. The van der Waals surface area contributed by atoms with Gasteiger partial charge in [0, 0.05) is 18.2 Å². The molecule has 126 valence electrons. The average molecular weight is 329 g/mol. The van der Waals surface area contributed by atoms with Gasteiger partial charge in [0.05, 0.1) is 5.69 Å². The van der Waals surface area contributed by atoms with Gasteiger partial charge in [-0.15, -0.1) is 0 Å². The van der Waals surface area contributed by atoms with Gasteiger partial charge in [-0.2, -0.15) is 5.10 Å². The van der Waals surface area contributed by atoms with Crippen LogP contribution in [0.5, 0.6) is 0 Å². The number of halogens is 1. The van der Waals surface area contributed by atoms with Gasteiger partial charge >= 0.3 is 0 Å². The lowest BCUT2D eigenvalue weighted by Gasteiger charge is -2.27. The number of hydrogen-bond acceptors (Lipinski definition) is 3. The minimum atomic E-state index is -1.23. The van der Waals surface area contributed by atoms with E-state index in [1.807, 2.05) is 7.05 Å². The van der Waals surface area contributed by atoms with E-state index >= 15 is 0 Å². The first-order chi connectivity index (χ1) is 11.5. The molecule has 0 radical (unpaired) electrons. The number of anilines is 1. The van der Waals surface area contributed by atoms with Gasteiger partial charge in [0.2, 0.25) is 0 Å². The molecule has 5 nitrogen and oxygen atoms in total. The Hall–Kier alpha value is -2.21. The lowest BCUT2D eigenvalue weighted by Crippen LogP contribution is -2.30. The Labute approximate surface area is 139 Å². The zero-order chi connectivity index (χ0) is 16.9. The molecule has 0 spiro atoms. The van der Waals surface area contributed by atoms with Crippen LogP contribution in [0, 0.1) is 5.82 Å². The van der Waals surface area contributed by atoms with Gasteiger partial charge < -0.3 is 10.4 Å². The third kappa shape index (κ3) is 2.51. The molecule has 0 unspecified atom stereocenters. The van der Waals surface area contributed by atoms with Gasteiger partial charge in [-0.3, -0.25) is 9.48 Å². The summed E-state index contributed by atoms with van der Waals surface area (Å²) in [6.45, 7) is 0. The van der Waals surface area contributed by atoms with Crippen LogP contribution in [0.2, 0.25) is 0 Å². The van der Waals surface area contributed by atoms with Crippen molar-refractivity contribution in [2.24, 2.45) is 7.05 Å². The van der Waals surface area contributed by atoms with E-state index in [1.165, 1.54) is 12.1 Å². The van der Waals surface area contributed by atoms with Crippen LogP contribution in [0.3, 0.4) is 0 Å². The first kappa shape index (κ1) is 15.3. The number of amides is 1. The van der Waals surface area contributed by atoms with Gasteiger partial charge in [0.25, 0.3) is 5.91 Å². The molecule has 2 N–H and O–H groups in total. The van der Waals surface area contributed by atoms with Crippen LogP contribution in [-0.2, 0) is 11.8 Å². The largest absolute Gasteiger partial charge is 0.380 e. The third-order valence-corrected chi connectivity index (χ3v) is 5.09. The highest BCUT2D eigenvalue weighted by Gasteiger charge is 2.48. The lowest BCUT2D eigenvalue weighted by atomic mass is 9.79. The van der Waals surface area contributed by atoms with Crippen molar-refractivity contribution in [1.29, 1.82) is 0 Å². The fourth-order valence-corrected chi connectivity index (χ4v) is 3.24. The number of hydrogen-bond donors (Lipinski definition) is 2. The smallest absolute Gasteiger partial charge is 0.257 e. The molecule has 1 aromatic carbocycles. The van der Waals surface area contributed by atoms with E-state index in [2.05, 4.69) is 10.4 Å². The second-order valence-electron chi connectivity index (χ2n) is 6.85.